The van der Waals surface area contributed by atoms with E-state index in [0.717, 1.165) is 14.2 Å². The molecule has 100 valence electrons. The Bertz CT molecular complexity index is 491. The van der Waals surface area contributed by atoms with Crippen molar-refractivity contribution >= 4 is 23.4 Å². The average Bonchev–Trinajstić information content (AvgIpc) is 2.29. The van der Waals surface area contributed by atoms with E-state index in [1.807, 2.05) is 0 Å². The summed E-state index contributed by atoms with van der Waals surface area (Å²) in [5.74, 6) is -2.51. The van der Waals surface area contributed by atoms with Crippen LogP contribution in [0.4, 0.5) is 19.0 Å². The van der Waals surface area contributed by atoms with E-state index in [1.54, 1.807) is 0 Å². The Labute approximate surface area is 105 Å². The van der Waals surface area contributed by atoms with E-state index in [1.165, 1.54) is 0 Å². The molecule has 0 aromatic carbocycles. The van der Waals surface area contributed by atoms with Crippen LogP contribution in [0, 0.1) is 0 Å². The molecule has 0 fully saturated rings. The van der Waals surface area contributed by atoms with Gasteiger partial charge in [-0.15, -0.1) is 0 Å². The number of halogens is 4. The van der Waals surface area contributed by atoms with Gasteiger partial charge in [-0.2, -0.15) is 13.2 Å². The molecular weight excluding hydrogens is 277 g/mol. The first-order valence-corrected chi connectivity index (χ1v) is 4.80. The van der Waals surface area contributed by atoms with Crippen LogP contribution in [0.15, 0.2) is 0 Å². The number of methoxy groups -OCH3 is 2. The van der Waals surface area contributed by atoms with E-state index in [9.17, 15) is 18.0 Å². The van der Waals surface area contributed by atoms with E-state index in [2.05, 4.69) is 14.5 Å². The summed E-state index contributed by atoms with van der Waals surface area (Å²) in [4.78, 5) is 14.6. The summed E-state index contributed by atoms with van der Waals surface area (Å²) in [6, 6.07) is 0. The predicted octanol–water partition coefficient (Wildman–Crippen LogP) is 2.13. The molecule has 1 heterocycles. The van der Waals surface area contributed by atoms with Crippen molar-refractivity contribution in [2.24, 2.45) is 0 Å². The standard InChI is InChI=1S/C9H8ClF3N2O3/c1-17-6-3(9(11,12)13)5(8(16)18-2)15-7(14)4(6)10/h1-2H3,(H2,14,15). The number of alkyl halides is 3. The minimum absolute atomic E-state index is 0.457. The van der Waals surface area contributed by atoms with Crippen LogP contribution in [0.3, 0.4) is 0 Å². The lowest BCUT2D eigenvalue weighted by molar-refractivity contribution is -0.139. The number of nitrogens with zero attached hydrogens (tertiary/aromatic N) is 1. The highest BCUT2D eigenvalue weighted by molar-refractivity contribution is 6.34. The fraction of sp³-hybridized carbons (Fsp3) is 0.333. The number of esters is 1. The van der Waals surface area contributed by atoms with Gasteiger partial charge in [-0.1, -0.05) is 11.6 Å². The Balaban J connectivity index is 3.70. The Hall–Kier alpha value is -1.70. The molecule has 0 radical (unpaired) electrons. The molecule has 18 heavy (non-hydrogen) atoms. The van der Waals surface area contributed by atoms with E-state index in [4.69, 9.17) is 17.3 Å². The van der Waals surface area contributed by atoms with E-state index in [-0.39, 0.29) is 0 Å². The zero-order valence-electron chi connectivity index (χ0n) is 9.26. The van der Waals surface area contributed by atoms with Gasteiger partial charge in [0.15, 0.2) is 11.4 Å². The van der Waals surface area contributed by atoms with Gasteiger partial charge in [0.1, 0.15) is 16.4 Å². The molecule has 0 atom stereocenters. The Morgan fingerprint density at radius 1 is 1.39 bits per heavy atom. The van der Waals surface area contributed by atoms with Gasteiger partial charge < -0.3 is 15.2 Å². The van der Waals surface area contributed by atoms with Crippen molar-refractivity contribution in [1.82, 2.24) is 4.98 Å². The number of nitrogens with two attached hydrogens (primary N) is 1. The number of rotatable bonds is 2. The lowest BCUT2D eigenvalue weighted by atomic mass is 10.1. The predicted molar refractivity (Wildman–Crippen MR) is 56.6 cm³/mol. The maximum atomic E-state index is 12.9. The number of hydrogen-bond acceptors (Lipinski definition) is 5. The zero-order valence-corrected chi connectivity index (χ0v) is 10.0. The normalized spacial score (nSPS) is 11.2. The van der Waals surface area contributed by atoms with Crippen molar-refractivity contribution in [2.75, 3.05) is 20.0 Å². The van der Waals surface area contributed by atoms with Crippen molar-refractivity contribution in [3.8, 4) is 5.75 Å². The van der Waals surface area contributed by atoms with Gasteiger partial charge in [-0.3, -0.25) is 0 Å². The van der Waals surface area contributed by atoms with Gasteiger partial charge in [0.25, 0.3) is 0 Å². The molecule has 0 unspecified atom stereocenters. The van der Waals surface area contributed by atoms with Crippen LogP contribution in [-0.4, -0.2) is 25.2 Å². The van der Waals surface area contributed by atoms with Crippen LogP contribution in [0.1, 0.15) is 16.1 Å². The van der Waals surface area contributed by atoms with E-state index < -0.39 is 40.0 Å². The third-order valence-corrected chi connectivity index (χ3v) is 2.35. The quantitative estimate of drug-likeness (QED) is 0.842. The first kappa shape index (κ1) is 14.4. The number of ether oxygens (including phenoxy) is 2. The second kappa shape index (κ2) is 4.89. The van der Waals surface area contributed by atoms with Crippen LogP contribution in [0.5, 0.6) is 5.75 Å². The molecule has 5 nitrogen and oxygen atoms in total. The van der Waals surface area contributed by atoms with Crippen LogP contribution in [0.25, 0.3) is 0 Å². The molecule has 1 rings (SSSR count). The van der Waals surface area contributed by atoms with Crippen molar-refractivity contribution in [3.05, 3.63) is 16.3 Å². The first-order valence-electron chi connectivity index (χ1n) is 4.42. The molecule has 2 N–H and O–H groups in total. The molecule has 0 aliphatic heterocycles. The Morgan fingerprint density at radius 3 is 2.33 bits per heavy atom. The highest BCUT2D eigenvalue weighted by atomic mass is 35.5. The summed E-state index contributed by atoms with van der Waals surface area (Å²) in [5.41, 5.74) is 2.89. The van der Waals surface area contributed by atoms with E-state index >= 15 is 0 Å². The Kier molecular flexibility index (Phi) is 3.90. The van der Waals surface area contributed by atoms with E-state index in [0.29, 0.717) is 0 Å². The monoisotopic (exact) mass is 284 g/mol. The van der Waals surface area contributed by atoms with Crippen LogP contribution >= 0.6 is 11.6 Å². The molecule has 1 aromatic rings. The van der Waals surface area contributed by atoms with Gasteiger partial charge in [0.05, 0.1) is 14.2 Å². The maximum absolute atomic E-state index is 12.9. The molecule has 0 spiro atoms. The molecular formula is C9H8ClF3N2O3. The van der Waals surface area contributed by atoms with Crippen LogP contribution in [0.2, 0.25) is 5.02 Å². The summed E-state index contributed by atoms with van der Waals surface area (Å²) in [6.45, 7) is 0. The zero-order chi connectivity index (χ0) is 14.1. The molecule has 0 bridgehead atoms. The number of carbonyl (C=O) groups excluding carboxylic acids is 1. The minimum atomic E-state index is -4.89. The first-order chi connectivity index (χ1) is 8.23. The average molecular weight is 285 g/mol. The number of nitrogen functional groups attached to an aromatic ring is 1. The highest BCUT2D eigenvalue weighted by Gasteiger charge is 2.42. The lowest BCUT2D eigenvalue weighted by Gasteiger charge is -2.16. The van der Waals surface area contributed by atoms with Gasteiger partial charge >= 0.3 is 12.1 Å². The number of anilines is 1. The van der Waals surface area contributed by atoms with Gasteiger partial charge in [-0.05, 0) is 0 Å². The second-order valence-electron chi connectivity index (χ2n) is 3.06. The molecule has 1 aromatic heterocycles. The number of hydrogen-bond donors (Lipinski definition) is 1. The topological polar surface area (TPSA) is 74.4 Å². The molecule has 0 aliphatic carbocycles. The minimum Gasteiger partial charge on any atom is -0.494 e. The Morgan fingerprint density at radius 2 is 1.94 bits per heavy atom. The summed E-state index contributed by atoms with van der Waals surface area (Å²) in [6.07, 6.45) is -4.89. The fourth-order valence-electron chi connectivity index (χ4n) is 1.26. The largest absolute Gasteiger partial charge is 0.494 e. The fourth-order valence-corrected chi connectivity index (χ4v) is 1.47. The number of pyridine rings is 1. The van der Waals surface area contributed by atoms with Gasteiger partial charge in [0, 0.05) is 0 Å². The second-order valence-corrected chi connectivity index (χ2v) is 3.44. The molecule has 0 aliphatic rings. The molecule has 0 saturated carbocycles. The lowest BCUT2D eigenvalue weighted by Crippen LogP contribution is -2.19. The smallest absolute Gasteiger partial charge is 0.422 e. The maximum Gasteiger partial charge on any atom is 0.422 e. The van der Waals surface area contributed by atoms with Crippen molar-refractivity contribution in [3.63, 3.8) is 0 Å². The number of carbonyl (C=O) groups is 1. The summed E-state index contributed by atoms with van der Waals surface area (Å²) in [7, 11) is 1.89. The third kappa shape index (κ3) is 2.42. The summed E-state index contributed by atoms with van der Waals surface area (Å²) >= 11 is 5.56. The molecule has 0 amide bonds. The van der Waals surface area contributed by atoms with Crippen molar-refractivity contribution in [2.45, 2.75) is 6.18 Å². The van der Waals surface area contributed by atoms with Crippen LogP contribution in [-0.2, 0) is 10.9 Å². The van der Waals surface area contributed by atoms with Crippen molar-refractivity contribution < 1.29 is 27.4 Å². The van der Waals surface area contributed by atoms with Crippen LogP contribution < -0.4 is 10.5 Å². The van der Waals surface area contributed by atoms with Gasteiger partial charge in [0.2, 0.25) is 0 Å². The summed E-state index contributed by atoms with van der Waals surface area (Å²) < 4.78 is 47.4. The SMILES string of the molecule is COC(=O)c1nc(N)c(Cl)c(OC)c1C(F)(F)F. The molecule has 9 heteroatoms. The van der Waals surface area contributed by atoms with Gasteiger partial charge in [-0.25, -0.2) is 9.78 Å². The molecule has 0 saturated heterocycles. The third-order valence-electron chi connectivity index (χ3n) is 1.99. The summed E-state index contributed by atoms with van der Waals surface area (Å²) in [5, 5.41) is -0.516. The van der Waals surface area contributed by atoms with Crippen molar-refractivity contribution in [1.29, 1.82) is 0 Å². The number of aromatic nitrogens is 1. The highest BCUT2D eigenvalue weighted by Crippen LogP contribution is 2.43.